The Labute approximate surface area is 126 Å². The van der Waals surface area contributed by atoms with Gasteiger partial charge in [-0.05, 0) is 42.2 Å². The van der Waals surface area contributed by atoms with Gasteiger partial charge < -0.3 is 0 Å². The summed E-state index contributed by atoms with van der Waals surface area (Å²) in [4.78, 5) is 12.6. The predicted octanol–water partition coefficient (Wildman–Crippen LogP) is 4.94. The second-order valence-corrected chi connectivity index (χ2v) is 6.47. The number of hydrogen-bond acceptors (Lipinski definition) is 1. The molecule has 1 nitrogen and oxygen atoms in total. The zero-order chi connectivity index (χ0) is 14.2. The van der Waals surface area contributed by atoms with Crippen molar-refractivity contribution in [3.63, 3.8) is 0 Å². The van der Waals surface area contributed by atoms with E-state index in [1.54, 1.807) is 0 Å². The standard InChI is InChI=1S/C20H20O/c21-20(19-13-18(19)16-5-2-1-3-6-16)17-11-9-15(10-12-17)14-7-4-8-14/h1-3,5-6,9-12,14,18-19H,4,7-8,13H2. The minimum Gasteiger partial charge on any atom is -0.294 e. The second-order valence-electron chi connectivity index (χ2n) is 6.47. The molecule has 4 rings (SSSR count). The maximum atomic E-state index is 12.6. The lowest BCUT2D eigenvalue weighted by atomic mass is 9.80. The van der Waals surface area contributed by atoms with Crippen LogP contribution in [0.15, 0.2) is 54.6 Å². The molecule has 2 aliphatic carbocycles. The van der Waals surface area contributed by atoms with Crippen molar-refractivity contribution in [2.24, 2.45) is 5.92 Å². The number of benzene rings is 2. The normalized spacial score (nSPS) is 24.4. The molecule has 0 N–H and O–H groups in total. The first kappa shape index (κ1) is 12.8. The molecule has 2 atom stereocenters. The van der Waals surface area contributed by atoms with Gasteiger partial charge in [0.25, 0.3) is 0 Å². The first-order chi connectivity index (χ1) is 10.3. The molecule has 106 valence electrons. The summed E-state index contributed by atoms with van der Waals surface area (Å²) in [6, 6.07) is 18.8. The van der Waals surface area contributed by atoms with E-state index in [1.165, 1.54) is 30.4 Å². The summed E-state index contributed by atoms with van der Waals surface area (Å²) in [7, 11) is 0. The van der Waals surface area contributed by atoms with Crippen LogP contribution in [0.2, 0.25) is 0 Å². The number of carbonyl (C=O) groups excluding carboxylic acids is 1. The van der Waals surface area contributed by atoms with Crippen LogP contribution < -0.4 is 0 Å². The number of Topliss-reactive ketones (excluding diaryl/α,β-unsaturated/α-hetero) is 1. The van der Waals surface area contributed by atoms with E-state index in [4.69, 9.17) is 0 Å². The van der Waals surface area contributed by atoms with Crippen molar-refractivity contribution in [3.8, 4) is 0 Å². The van der Waals surface area contributed by atoms with Crippen LogP contribution in [0, 0.1) is 5.92 Å². The Balaban J connectivity index is 1.46. The summed E-state index contributed by atoms with van der Waals surface area (Å²) in [5.41, 5.74) is 3.61. The molecule has 2 saturated carbocycles. The van der Waals surface area contributed by atoms with Crippen molar-refractivity contribution < 1.29 is 4.79 Å². The molecular weight excluding hydrogens is 256 g/mol. The van der Waals surface area contributed by atoms with Crippen molar-refractivity contribution in [3.05, 3.63) is 71.3 Å². The van der Waals surface area contributed by atoms with Crippen molar-refractivity contribution >= 4 is 5.78 Å². The highest BCUT2D eigenvalue weighted by Gasteiger charge is 2.43. The molecule has 2 aromatic rings. The van der Waals surface area contributed by atoms with Crippen LogP contribution in [-0.2, 0) is 0 Å². The van der Waals surface area contributed by atoms with E-state index in [9.17, 15) is 4.79 Å². The number of rotatable bonds is 4. The molecule has 0 amide bonds. The molecule has 2 fully saturated rings. The van der Waals surface area contributed by atoms with Gasteiger partial charge in [0.05, 0.1) is 0 Å². The van der Waals surface area contributed by atoms with Gasteiger partial charge in [-0.15, -0.1) is 0 Å². The highest BCUT2D eigenvalue weighted by atomic mass is 16.1. The lowest BCUT2D eigenvalue weighted by Crippen LogP contribution is -2.09. The van der Waals surface area contributed by atoms with Gasteiger partial charge in [0.1, 0.15) is 0 Å². The molecule has 0 aliphatic heterocycles. The number of carbonyl (C=O) groups is 1. The number of hydrogen-bond donors (Lipinski definition) is 0. The quantitative estimate of drug-likeness (QED) is 0.723. The Kier molecular flexibility index (Phi) is 3.14. The van der Waals surface area contributed by atoms with Gasteiger partial charge in [-0.3, -0.25) is 4.79 Å². The van der Waals surface area contributed by atoms with E-state index in [-0.39, 0.29) is 5.92 Å². The van der Waals surface area contributed by atoms with Crippen molar-refractivity contribution in [1.29, 1.82) is 0 Å². The fraction of sp³-hybridized carbons (Fsp3) is 0.350. The molecule has 0 saturated heterocycles. The van der Waals surface area contributed by atoms with Crippen LogP contribution in [0.1, 0.15) is 59.0 Å². The summed E-state index contributed by atoms with van der Waals surface area (Å²) in [6.07, 6.45) is 4.98. The molecule has 2 aliphatic rings. The molecule has 0 aromatic heterocycles. The van der Waals surface area contributed by atoms with Crippen molar-refractivity contribution in [2.75, 3.05) is 0 Å². The molecule has 0 radical (unpaired) electrons. The van der Waals surface area contributed by atoms with E-state index in [2.05, 4.69) is 36.4 Å². The predicted molar refractivity (Wildman–Crippen MR) is 84.7 cm³/mol. The zero-order valence-corrected chi connectivity index (χ0v) is 12.2. The highest BCUT2D eigenvalue weighted by Crippen LogP contribution is 2.49. The Hall–Kier alpha value is -1.89. The maximum absolute atomic E-state index is 12.6. The molecule has 1 heteroatoms. The van der Waals surface area contributed by atoms with Crippen LogP contribution in [0.3, 0.4) is 0 Å². The van der Waals surface area contributed by atoms with Crippen LogP contribution in [-0.4, -0.2) is 5.78 Å². The van der Waals surface area contributed by atoms with E-state index in [0.717, 1.165) is 17.9 Å². The van der Waals surface area contributed by atoms with Crippen LogP contribution in [0.5, 0.6) is 0 Å². The minimum atomic E-state index is 0.196. The smallest absolute Gasteiger partial charge is 0.166 e. The lowest BCUT2D eigenvalue weighted by molar-refractivity contribution is 0.0965. The average molecular weight is 276 g/mol. The average Bonchev–Trinajstić information content (AvgIpc) is 3.27. The van der Waals surface area contributed by atoms with E-state index >= 15 is 0 Å². The summed E-state index contributed by atoms with van der Waals surface area (Å²) in [5, 5.41) is 0. The molecule has 0 bridgehead atoms. The fourth-order valence-electron chi connectivity index (χ4n) is 3.43. The molecule has 21 heavy (non-hydrogen) atoms. The van der Waals surface area contributed by atoms with Gasteiger partial charge in [-0.25, -0.2) is 0 Å². The van der Waals surface area contributed by atoms with Gasteiger partial charge in [0.2, 0.25) is 0 Å². The van der Waals surface area contributed by atoms with Crippen molar-refractivity contribution in [2.45, 2.75) is 37.5 Å². The lowest BCUT2D eigenvalue weighted by Gasteiger charge is -2.25. The third-order valence-electron chi connectivity index (χ3n) is 5.13. The molecular formula is C20H20O. The van der Waals surface area contributed by atoms with Gasteiger partial charge >= 0.3 is 0 Å². The summed E-state index contributed by atoms with van der Waals surface area (Å²) >= 11 is 0. The fourth-order valence-corrected chi connectivity index (χ4v) is 3.43. The van der Waals surface area contributed by atoms with E-state index in [0.29, 0.717) is 11.7 Å². The number of ketones is 1. The third kappa shape index (κ3) is 2.42. The van der Waals surface area contributed by atoms with Crippen LogP contribution in [0.4, 0.5) is 0 Å². The van der Waals surface area contributed by atoms with Gasteiger partial charge in [-0.2, -0.15) is 0 Å². The first-order valence-electron chi connectivity index (χ1n) is 8.02. The van der Waals surface area contributed by atoms with Gasteiger partial charge in [-0.1, -0.05) is 61.0 Å². The van der Waals surface area contributed by atoms with Gasteiger partial charge in [0, 0.05) is 11.5 Å². The monoisotopic (exact) mass is 276 g/mol. The third-order valence-corrected chi connectivity index (χ3v) is 5.13. The summed E-state index contributed by atoms with van der Waals surface area (Å²) in [6.45, 7) is 0. The van der Waals surface area contributed by atoms with E-state index < -0.39 is 0 Å². The maximum Gasteiger partial charge on any atom is 0.166 e. The molecule has 0 heterocycles. The van der Waals surface area contributed by atoms with E-state index in [1.807, 2.05) is 18.2 Å². The highest BCUT2D eigenvalue weighted by molar-refractivity contribution is 6.00. The van der Waals surface area contributed by atoms with Crippen molar-refractivity contribution in [1.82, 2.24) is 0 Å². The summed E-state index contributed by atoms with van der Waals surface area (Å²) < 4.78 is 0. The molecule has 2 aromatic carbocycles. The summed E-state index contributed by atoms with van der Waals surface area (Å²) in [5.74, 6) is 1.70. The Morgan fingerprint density at radius 3 is 2.19 bits per heavy atom. The zero-order valence-electron chi connectivity index (χ0n) is 12.2. The van der Waals surface area contributed by atoms with Crippen LogP contribution in [0.25, 0.3) is 0 Å². The SMILES string of the molecule is O=C(c1ccc(C2CCC2)cc1)C1CC1c1ccccc1. The Morgan fingerprint density at radius 2 is 1.57 bits per heavy atom. The molecule has 2 unspecified atom stereocenters. The second kappa shape index (κ2) is 5.14. The Bertz CT molecular complexity index is 637. The largest absolute Gasteiger partial charge is 0.294 e. The topological polar surface area (TPSA) is 17.1 Å². The van der Waals surface area contributed by atoms with Gasteiger partial charge in [0.15, 0.2) is 5.78 Å². The minimum absolute atomic E-state index is 0.196. The van der Waals surface area contributed by atoms with Crippen LogP contribution >= 0.6 is 0 Å². The molecule has 0 spiro atoms. The Morgan fingerprint density at radius 1 is 0.857 bits per heavy atom. The first-order valence-corrected chi connectivity index (χ1v) is 8.02.